The normalized spacial score (nSPS) is 18.9. The van der Waals surface area contributed by atoms with Crippen LogP contribution >= 0.6 is 0 Å². The first-order chi connectivity index (χ1) is 18.9. The highest BCUT2D eigenvalue weighted by molar-refractivity contribution is 6.09. The summed E-state index contributed by atoms with van der Waals surface area (Å²) in [5, 5.41) is 5.26. The number of rotatable bonds is 4. The fourth-order valence-electron chi connectivity index (χ4n) is 5.51. The summed E-state index contributed by atoms with van der Waals surface area (Å²) in [6.45, 7) is 4.12. The van der Waals surface area contributed by atoms with Gasteiger partial charge in [0.25, 0.3) is 5.91 Å². The van der Waals surface area contributed by atoms with E-state index in [0.717, 1.165) is 12.1 Å². The Hall–Kier alpha value is -3.83. The van der Waals surface area contributed by atoms with Crippen LogP contribution in [-0.2, 0) is 11.0 Å². The molecule has 40 heavy (non-hydrogen) atoms. The number of nitrogens with zero attached hydrogens (tertiary/aromatic N) is 4. The van der Waals surface area contributed by atoms with Crippen molar-refractivity contribution in [2.45, 2.75) is 37.7 Å². The molecule has 2 aromatic carbocycles. The van der Waals surface area contributed by atoms with Gasteiger partial charge in [0.15, 0.2) is 0 Å². The first kappa shape index (κ1) is 27.7. The lowest BCUT2D eigenvalue weighted by Gasteiger charge is -2.33. The number of alkyl halides is 6. The van der Waals surface area contributed by atoms with E-state index in [2.05, 4.69) is 6.58 Å². The third-order valence-electron chi connectivity index (χ3n) is 7.68. The molecule has 1 atom stereocenters. The van der Waals surface area contributed by atoms with Gasteiger partial charge in [0.1, 0.15) is 5.69 Å². The van der Waals surface area contributed by atoms with E-state index in [1.54, 1.807) is 27.8 Å². The highest BCUT2D eigenvalue weighted by atomic mass is 19.4. The maximum atomic E-state index is 13.7. The van der Waals surface area contributed by atoms with Crippen LogP contribution in [0, 0.1) is 5.92 Å². The summed E-state index contributed by atoms with van der Waals surface area (Å²) >= 11 is 0. The zero-order chi connectivity index (χ0) is 28.8. The van der Waals surface area contributed by atoms with Crippen molar-refractivity contribution < 1.29 is 35.9 Å². The minimum absolute atomic E-state index is 0.0513. The van der Waals surface area contributed by atoms with Crippen LogP contribution in [0.5, 0.6) is 0 Å². The van der Waals surface area contributed by atoms with Gasteiger partial charge in [-0.25, -0.2) is 0 Å². The smallest absolute Gasteiger partial charge is 0.339 e. The summed E-state index contributed by atoms with van der Waals surface area (Å²) < 4.78 is 80.7. The maximum absolute atomic E-state index is 13.7. The summed E-state index contributed by atoms with van der Waals surface area (Å²) in [6, 6.07) is 9.12. The Labute approximate surface area is 225 Å². The van der Waals surface area contributed by atoms with Crippen LogP contribution in [0.2, 0.25) is 0 Å². The summed E-state index contributed by atoms with van der Waals surface area (Å²) in [5.41, 5.74) is 0.625. The SMILES string of the molecule is C=CC(=O)N1CCC(n2nc(-c3ccc(C(F)(F)F)cc3)c3cccc(C(=O)N4CCC(C(F)(F)F)CC4)c32)C1. The Bertz CT molecular complexity index is 1440. The number of carbonyl (C=O) groups is 2. The number of para-hydroxylation sites is 1. The number of benzene rings is 2. The van der Waals surface area contributed by atoms with Gasteiger partial charge in [-0.05, 0) is 43.5 Å². The molecule has 3 aromatic rings. The maximum Gasteiger partial charge on any atom is 0.416 e. The van der Waals surface area contributed by atoms with Crippen LogP contribution in [0.25, 0.3) is 22.2 Å². The summed E-state index contributed by atoms with van der Waals surface area (Å²) in [5.74, 6) is -2.16. The van der Waals surface area contributed by atoms with E-state index in [9.17, 15) is 35.9 Å². The summed E-state index contributed by atoms with van der Waals surface area (Å²) in [7, 11) is 0. The molecule has 0 saturated carbocycles. The fourth-order valence-corrected chi connectivity index (χ4v) is 5.51. The second kappa shape index (κ2) is 10.3. The third kappa shape index (κ3) is 5.18. The molecule has 2 aliphatic rings. The van der Waals surface area contributed by atoms with Crippen molar-refractivity contribution in [1.82, 2.24) is 19.6 Å². The number of amides is 2. The van der Waals surface area contributed by atoms with Crippen LogP contribution in [-0.4, -0.2) is 63.7 Å². The Balaban J connectivity index is 1.56. The van der Waals surface area contributed by atoms with Crippen LogP contribution in [0.3, 0.4) is 0 Å². The second-order valence-electron chi connectivity index (χ2n) is 10.1. The van der Waals surface area contributed by atoms with E-state index in [-0.39, 0.29) is 50.0 Å². The number of hydrogen-bond acceptors (Lipinski definition) is 3. The van der Waals surface area contributed by atoms with Gasteiger partial charge in [0.2, 0.25) is 5.91 Å². The summed E-state index contributed by atoms with van der Waals surface area (Å²) in [4.78, 5) is 28.9. The molecule has 1 aromatic heterocycles. The van der Waals surface area contributed by atoms with Crippen molar-refractivity contribution >= 4 is 22.7 Å². The van der Waals surface area contributed by atoms with E-state index in [0.29, 0.717) is 35.1 Å². The topological polar surface area (TPSA) is 58.4 Å². The molecule has 1 unspecified atom stereocenters. The molecule has 212 valence electrons. The molecule has 2 saturated heterocycles. The second-order valence-corrected chi connectivity index (χ2v) is 10.1. The standard InChI is InChI=1S/C28H26F6N4O2/c1-2-23(39)37-15-12-20(16-37)38-25-21(24(35-38)17-6-8-18(9-7-17)27(29,30)31)4-3-5-22(25)26(40)36-13-10-19(11-14-36)28(32,33)34/h2-9,19-20H,1,10-16H2. The van der Waals surface area contributed by atoms with Gasteiger partial charge >= 0.3 is 12.4 Å². The average Bonchev–Trinajstić information content (AvgIpc) is 3.57. The number of carbonyl (C=O) groups excluding carboxylic acids is 2. The minimum atomic E-state index is -4.51. The van der Waals surface area contributed by atoms with Crippen molar-refractivity contribution in [3.63, 3.8) is 0 Å². The number of fused-ring (bicyclic) bond motifs is 1. The molecule has 0 bridgehead atoms. The molecule has 3 heterocycles. The first-order valence-electron chi connectivity index (χ1n) is 12.8. The van der Waals surface area contributed by atoms with Gasteiger partial charge in [0, 0.05) is 37.1 Å². The molecular weight excluding hydrogens is 538 g/mol. The van der Waals surface area contributed by atoms with Crippen molar-refractivity contribution in [3.8, 4) is 11.3 Å². The van der Waals surface area contributed by atoms with Gasteiger partial charge in [-0.1, -0.05) is 30.8 Å². The number of likely N-dealkylation sites (tertiary alicyclic amines) is 2. The lowest BCUT2D eigenvalue weighted by atomic mass is 9.95. The lowest BCUT2D eigenvalue weighted by molar-refractivity contribution is -0.183. The van der Waals surface area contributed by atoms with Crippen molar-refractivity contribution in [2.24, 2.45) is 5.92 Å². The Morgan fingerprint density at radius 2 is 1.55 bits per heavy atom. The Morgan fingerprint density at radius 3 is 2.15 bits per heavy atom. The molecule has 0 N–H and O–H groups in total. The predicted octanol–water partition coefficient (Wildman–Crippen LogP) is 6.10. The zero-order valence-corrected chi connectivity index (χ0v) is 21.3. The Morgan fingerprint density at radius 1 is 0.900 bits per heavy atom. The van der Waals surface area contributed by atoms with Crippen LogP contribution in [0.1, 0.15) is 41.2 Å². The van der Waals surface area contributed by atoms with E-state index in [1.807, 2.05) is 0 Å². The fraction of sp³-hybridized carbons (Fsp3) is 0.393. The van der Waals surface area contributed by atoms with Gasteiger partial charge in [0.05, 0.1) is 28.6 Å². The van der Waals surface area contributed by atoms with E-state index in [1.165, 1.54) is 23.1 Å². The molecule has 12 heteroatoms. The number of hydrogen-bond donors (Lipinski definition) is 0. The molecule has 0 aliphatic carbocycles. The lowest BCUT2D eigenvalue weighted by Crippen LogP contribution is -2.42. The highest BCUT2D eigenvalue weighted by Crippen LogP contribution is 2.38. The van der Waals surface area contributed by atoms with Crippen LogP contribution in [0.15, 0.2) is 55.1 Å². The molecule has 2 aliphatic heterocycles. The Kier molecular flexibility index (Phi) is 7.13. The van der Waals surface area contributed by atoms with E-state index < -0.39 is 29.7 Å². The van der Waals surface area contributed by atoms with Gasteiger partial charge in [-0.2, -0.15) is 31.4 Å². The molecule has 2 amide bonds. The average molecular weight is 565 g/mol. The van der Waals surface area contributed by atoms with Gasteiger partial charge < -0.3 is 9.80 Å². The largest absolute Gasteiger partial charge is 0.416 e. The first-order valence-corrected chi connectivity index (χ1v) is 12.8. The number of piperidine rings is 1. The van der Waals surface area contributed by atoms with Crippen molar-refractivity contribution in [3.05, 3.63) is 66.2 Å². The molecule has 0 radical (unpaired) electrons. The number of halogens is 6. The minimum Gasteiger partial charge on any atom is -0.339 e. The molecule has 5 rings (SSSR count). The molecule has 2 fully saturated rings. The molecular formula is C28H26F6N4O2. The van der Waals surface area contributed by atoms with Crippen molar-refractivity contribution in [2.75, 3.05) is 26.2 Å². The monoisotopic (exact) mass is 564 g/mol. The number of aromatic nitrogens is 2. The highest BCUT2D eigenvalue weighted by Gasteiger charge is 2.42. The molecule has 6 nitrogen and oxygen atoms in total. The van der Waals surface area contributed by atoms with Crippen molar-refractivity contribution in [1.29, 1.82) is 0 Å². The third-order valence-corrected chi connectivity index (χ3v) is 7.68. The van der Waals surface area contributed by atoms with Crippen LogP contribution < -0.4 is 0 Å². The predicted molar refractivity (Wildman–Crippen MR) is 135 cm³/mol. The molecule has 0 spiro atoms. The summed E-state index contributed by atoms with van der Waals surface area (Å²) in [6.07, 6.45) is -7.49. The van der Waals surface area contributed by atoms with E-state index >= 15 is 0 Å². The van der Waals surface area contributed by atoms with E-state index in [4.69, 9.17) is 5.10 Å². The zero-order valence-electron chi connectivity index (χ0n) is 21.3. The van der Waals surface area contributed by atoms with Gasteiger partial charge in [-0.15, -0.1) is 0 Å². The van der Waals surface area contributed by atoms with Gasteiger partial charge in [-0.3, -0.25) is 14.3 Å². The van der Waals surface area contributed by atoms with Crippen LogP contribution in [0.4, 0.5) is 26.3 Å². The quantitative estimate of drug-likeness (QED) is 0.285.